The molecule has 1 aliphatic rings. The van der Waals surface area contributed by atoms with E-state index in [9.17, 15) is 20.2 Å². The third-order valence-corrected chi connectivity index (χ3v) is 5.75. The maximum absolute atomic E-state index is 12.9. The minimum absolute atomic E-state index is 0.00560. The fraction of sp³-hybridized carbons (Fsp3) is 0.333. The van der Waals surface area contributed by atoms with Gasteiger partial charge in [0.05, 0.1) is 17.0 Å². The molecule has 32 heavy (non-hydrogen) atoms. The number of nitriles is 1. The molecule has 0 saturated carbocycles. The number of fused-ring (bicyclic) bond motifs is 1. The number of hydrogen-bond acceptors (Lipinski definition) is 6. The number of piperidine rings is 1. The van der Waals surface area contributed by atoms with E-state index in [1.807, 2.05) is 18.2 Å². The molecule has 0 amide bonds. The van der Waals surface area contributed by atoms with E-state index in [2.05, 4.69) is 4.90 Å². The molecule has 0 aliphatic carbocycles. The zero-order valence-electron chi connectivity index (χ0n) is 17.7. The lowest BCUT2D eigenvalue weighted by Gasteiger charge is -2.26. The van der Waals surface area contributed by atoms with Crippen molar-refractivity contribution in [1.82, 2.24) is 9.47 Å². The van der Waals surface area contributed by atoms with Crippen LogP contribution in [-0.4, -0.2) is 40.6 Å². The molecule has 0 spiro atoms. The summed E-state index contributed by atoms with van der Waals surface area (Å²) in [5, 5.41) is 21.1. The number of non-ortho nitro benzene ring substituents is 1. The second-order valence-corrected chi connectivity index (χ2v) is 7.91. The van der Waals surface area contributed by atoms with Gasteiger partial charge < -0.3 is 9.64 Å². The molecular weight excluding hydrogens is 408 g/mol. The summed E-state index contributed by atoms with van der Waals surface area (Å²) in [6.45, 7) is 3.88. The number of nitro benzene ring substituents is 1. The molecule has 0 unspecified atom stereocenters. The van der Waals surface area contributed by atoms with Crippen LogP contribution in [0.4, 0.5) is 5.69 Å². The molecule has 0 atom stereocenters. The maximum Gasteiger partial charge on any atom is 0.273 e. The number of nitrogens with zero attached hydrogens (tertiary/aromatic N) is 4. The van der Waals surface area contributed by atoms with E-state index in [1.54, 1.807) is 12.1 Å². The first kappa shape index (κ1) is 21.5. The highest BCUT2D eigenvalue weighted by Gasteiger charge is 2.14. The number of aromatic nitrogens is 1. The Morgan fingerprint density at radius 1 is 1.06 bits per heavy atom. The van der Waals surface area contributed by atoms with Crippen LogP contribution in [0.2, 0.25) is 0 Å². The zero-order chi connectivity index (χ0) is 22.5. The zero-order valence-corrected chi connectivity index (χ0v) is 17.7. The highest BCUT2D eigenvalue weighted by molar-refractivity contribution is 5.83. The molecule has 8 nitrogen and oxygen atoms in total. The van der Waals surface area contributed by atoms with Crippen molar-refractivity contribution in [2.75, 3.05) is 26.2 Å². The second-order valence-electron chi connectivity index (χ2n) is 7.91. The fourth-order valence-electron chi connectivity index (χ4n) is 4.10. The number of hydrogen-bond donors (Lipinski definition) is 0. The van der Waals surface area contributed by atoms with E-state index in [0.29, 0.717) is 28.9 Å². The Labute approximate surface area is 185 Å². The predicted octanol–water partition coefficient (Wildman–Crippen LogP) is 4.03. The van der Waals surface area contributed by atoms with Gasteiger partial charge in [-0.2, -0.15) is 5.26 Å². The van der Waals surface area contributed by atoms with Crippen LogP contribution in [0.1, 0.15) is 31.2 Å². The Kier molecular flexibility index (Phi) is 6.47. The van der Waals surface area contributed by atoms with Crippen LogP contribution in [0.25, 0.3) is 16.6 Å². The smallest absolute Gasteiger partial charge is 0.273 e. The topological polar surface area (TPSA) is 101 Å². The number of nitro groups is 1. The maximum atomic E-state index is 12.9. The van der Waals surface area contributed by atoms with Crippen LogP contribution in [0.15, 0.2) is 53.3 Å². The monoisotopic (exact) mass is 432 g/mol. The molecule has 3 aromatic rings. The summed E-state index contributed by atoms with van der Waals surface area (Å²) in [5.41, 5.74) is 0.490. The summed E-state index contributed by atoms with van der Waals surface area (Å²) >= 11 is 0. The van der Waals surface area contributed by atoms with Gasteiger partial charge in [0, 0.05) is 35.8 Å². The Hall–Kier alpha value is -3.70. The van der Waals surface area contributed by atoms with Crippen molar-refractivity contribution in [1.29, 1.82) is 5.26 Å². The normalized spacial score (nSPS) is 14.2. The van der Waals surface area contributed by atoms with Crippen LogP contribution < -0.4 is 10.3 Å². The van der Waals surface area contributed by atoms with Crippen LogP contribution in [0, 0.1) is 21.4 Å². The minimum Gasteiger partial charge on any atom is -0.493 e. The van der Waals surface area contributed by atoms with E-state index in [4.69, 9.17) is 4.74 Å². The highest BCUT2D eigenvalue weighted by atomic mass is 16.6. The lowest BCUT2D eigenvalue weighted by atomic mass is 10.1. The number of ether oxygens (including phenoxy) is 1. The Bertz CT molecular complexity index is 1220. The Morgan fingerprint density at radius 3 is 2.50 bits per heavy atom. The molecule has 0 bridgehead atoms. The minimum atomic E-state index is -0.494. The van der Waals surface area contributed by atoms with Crippen LogP contribution in [0.5, 0.6) is 5.75 Å². The van der Waals surface area contributed by atoms with Gasteiger partial charge in [0.2, 0.25) is 0 Å². The molecule has 1 aliphatic heterocycles. The van der Waals surface area contributed by atoms with Crippen molar-refractivity contribution < 1.29 is 9.66 Å². The number of rotatable bonds is 7. The molecule has 2 heterocycles. The standard InChI is InChI=1S/C24H24N4O4/c25-17-19-15-18-5-10-22(32-14-4-13-26-11-2-1-3-12-26)16-23(18)27(24(19)29)20-6-8-21(9-7-20)28(30)31/h5-10,15-16H,1-4,11-14H2. The summed E-state index contributed by atoms with van der Waals surface area (Å²) in [7, 11) is 0. The van der Waals surface area contributed by atoms with Crippen LogP contribution >= 0.6 is 0 Å². The van der Waals surface area contributed by atoms with Crippen LogP contribution in [-0.2, 0) is 0 Å². The molecule has 164 valence electrons. The van der Waals surface area contributed by atoms with Gasteiger partial charge in [-0.3, -0.25) is 19.5 Å². The van der Waals surface area contributed by atoms with Gasteiger partial charge in [0.15, 0.2) is 0 Å². The summed E-state index contributed by atoms with van der Waals surface area (Å²) < 4.78 is 7.35. The van der Waals surface area contributed by atoms with Crippen molar-refractivity contribution >= 4 is 16.6 Å². The van der Waals surface area contributed by atoms with Gasteiger partial charge in [0.1, 0.15) is 17.4 Å². The average molecular weight is 432 g/mol. The molecular formula is C24H24N4O4. The first-order valence-corrected chi connectivity index (χ1v) is 10.8. The van der Waals surface area contributed by atoms with Gasteiger partial charge >= 0.3 is 0 Å². The first-order valence-electron chi connectivity index (χ1n) is 10.8. The lowest BCUT2D eigenvalue weighted by molar-refractivity contribution is -0.384. The first-order chi connectivity index (χ1) is 15.6. The summed E-state index contributed by atoms with van der Waals surface area (Å²) in [4.78, 5) is 25.9. The van der Waals surface area contributed by atoms with E-state index in [0.717, 1.165) is 26.1 Å². The Morgan fingerprint density at radius 2 is 1.81 bits per heavy atom. The molecule has 0 N–H and O–H groups in total. The SMILES string of the molecule is N#Cc1cc2ccc(OCCCN3CCCCC3)cc2n(-c2ccc([N+](=O)[O-])cc2)c1=O. The summed E-state index contributed by atoms with van der Waals surface area (Å²) in [5.74, 6) is 0.635. The highest BCUT2D eigenvalue weighted by Crippen LogP contribution is 2.24. The third-order valence-electron chi connectivity index (χ3n) is 5.75. The van der Waals surface area contributed by atoms with Gasteiger partial charge in [-0.05, 0) is 62.7 Å². The van der Waals surface area contributed by atoms with Gasteiger partial charge in [-0.25, -0.2) is 0 Å². The van der Waals surface area contributed by atoms with Crippen molar-refractivity contribution in [2.24, 2.45) is 0 Å². The largest absolute Gasteiger partial charge is 0.493 e. The number of pyridine rings is 1. The van der Waals surface area contributed by atoms with Gasteiger partial charge in [0.25, 0.3) is 11.2 Å². The predicted molar refractivity (Wildman–Crippen MR) is 121 cm³/mol. The molecule has 0 radical (unpaired) electrons. The van der Waals surface area contributed by atoms with Gasteiger partial charge in [-0.15, -0.1) is 0 Å². The van der Waals surface area contributed by atoms with E-state index >= 15 is 0 Å². The second kappa shape index (κ2) is 9.62. The van der Waals surface area contributed by atoms with Crippen LogP contribution in [0.3, 0.4) is 0 Å². The van der Waals surface area contributed by atoms with E-state index < -0.39 is 10.5 Å². The third kappa shape index (κ3) is 4.63. The lowest BCUT2D eigenvalue weighted by Crippen LogP contribution is -2.31. The molecule has 1 saturated heterocycles. The van der Waals surface area contributed by atoms with Crippen molar-refractivity contribution in [3.63, 3.8) is 0 Å². The quantitative estimate of drug-likeness (QED) is 0.317. The van der Waals surface area contributed by atoms with Crippen molar-refractivity contribution in [3.8, 4) is 17.5 Å². The molecule has 8 heteroatoms. The molecule has 1 fully saturated rings. The summed E-state index contributed by atoms with van der Waals surface area (Å²) in [6.07, 6.45) is 4.75. The Balaban J connectivity index is 1.61. The average Bonchev–Trinajstić information content (AvgIpc) is 2.82. The summed E-state index contributed by atoms with van der Waals surface area (Å²) in [6, 6.07) is 14.6. The molecule has 2 aromatic carbocycles. The van der Waals surface area contributed by atoms with Gasteiger partial charge in [-0.1, -0.05) is 6.42 Å². The molecule has 4 rings (SSSR count). The number of benzene rings is 2. The van der Waals surface area contributed by atoms with E-state index in [-0.39, 0.29) is 11.3 Å². The molecule has 1 aromatic heterocycles. The van der Waals surface area contributed by atoms with Crippen molar-refractivity contribution in [3.05, 3.63) is 74.6 Å². The van der Waals surface area contributed by atoms with Crippen molar-refractivity contribution in [2.45, 2.75) is 25.7 Å². The fourth-order valence-corrected chi connectivity index (χ4v) is 4.10. The van der Waals surface area contributed by atoms with E-state index in [1.165, 1.54) is 48.1 Å². The number of likely N-dealkylation sites (tertiary alicyclic amines) is 1.